The largest absolute Gasteiger partial charge is 0.416 e. The molecule has 0 saturated heterocycles. The van der Waals surface area contributed by atoms with Crippen LogP contribution in [-0.2, 0) is 13.2 Å². The van der Waals surface area contributed by atoms with Crippen molar-refractivity contribution in [3.05, 3.63) is 65.9 Å². The van der Waals surface area contributed by atoms with Crippen molar-refractivity contribution in [3.8, 4) is 0 Å². The fourth-order valence-corrected chi connectivity index (χ4v) is 2.86. The molecule has 1 unspecified atom stereocenters. The summed E-state index contributed by atoms with van der Waals surface area (Å²) in [6, 6.07) is 11.1. The first-order valence-electron chi connectivity index (χ1n) is 8.20. The van der Waals surface area contributed by atoms with Gasteiger partial charge in [0, 0.05) is 41.9 Å². The summed E-state index contributed by atoms with van der Waals surface area (Å²) in [6.45, 7) is -0.0412. The average molecular weight is 377 g/mol. The number of aromatic nitrogens is 1. The SMILES string of the molecule is Cn1cc(C(O)CNC(=O)Nc2ccc(C(F)(F)F)cc2)c2ccccc21. The number of amides is 2. The quantitative estimate of drug-likeness (QED) is 0.642. The number of aliphatic hydroxyl groups is 1. The molecule has 27 heavy (non-hydrogen) atoms. The van der Waals surface area contributed by atoms with E-state index in [1.807, 2.05) is 35.9 Å². The Hall–Kier alpha value is -3.00. The molecule has 0 bridgehead atoms. The maximum Gasteiger partial charge on any atom is 0.416 e. The number of nitrogens with one attached hydrogen (secondary N) is 2. The molecule has 3 aromatic rings. The minimum absolute atomic E-state index is 0.0412. The molecule has 0 aliphatic carbocycles. The summed E-state index contributed by atoms with van der Waals surface area (Å²) in [6.07, 6.45) is -3.55. The normalized spacial score (nSPS) is 12.8. The molecule has 1 atom stereocenters. The molecule has 0 aliphatic heterocycles. The van der Waals surface area contributed by atoms with Crippen LogP contribution in [0.5, 0.6) is 0 Å². The minimum atomic E-state index is -4.43. The number of hydrogen-bond acceptors (Lipinski definition) is 2. The molecule has 0 aliphatic rings. The van der Waals surface area contributed by atoms with Crippen LogP contribution in [0.25, 0.3) is 10.9 Å². The summed E-state index contributed by atoms with van der Waals surface area (Å²) in [7, 11) is 1.86. The van der Waals surface area contributed by atoms with Crippen LogP contribution < -0.4 is 10.6 Å². The van der Waals surface area contributed by atoms with Gasteiger partial charge in [-0.2, -0.15) is 13.2 Å². The number of alkyl halides is 3. The zero-order chi connectivity index (χ0) is 19.6. The number of aryl methyl sites for hydroxylation is 1. The third-order valence-corrected chi connectivity index (χ3v) is 4.21. The second-order valence-electron chi connectivity index (χ2n) is 6.14. The van der Waals surface area contributed by atoms with Gasteiger partial charge in [-0.15, -0.1) is 0 Å². The predicted octanol–water partition coefficient (Wildman–Crippen LogP) is 4.05. The number of aliphatic hydroxyl groups excluding tert-OH is 1. The first-order chi connectivity index (χ1) is 12.8. The number of halogens is 3. The smallest absolute Gasteiger partial charge is 0.386 e. The van der Waals surface area contributed by atoms with E-state index in [1.54, 1.807) is 6.20 Å². The summed E-state index contributed by atoms with van der Waals surface area (Å²) >= 11 is 0. The van der Waals surface area contributed by atoms with E-state index in [0.717, 1.165) is 23.0 Å². The lowest BCUT2D eigenvalue weighted by molar-refractivity contribution is -0.137. The van der Waals surface area contributed by atoms with E-state index in [-0.39, 0.29) is 12.2 Å². The summed E-state index contributed by atoms with van der Waals surface area (Å²) in [5.74, 6) is 0. The molecule has 3 rings (SSSR count). The predicted molar refractivity (Wildman–Crippen MR) is 96.3 cm³/mol. The van der Waals surface area contributed by atoms with Crippen molar-refractivity contribution < 1.29 is 23.1 Å². The van der Waals surface area contributed by atoms with Gasteiger partial charge in [0.1, 0.15) is 0 Å². The molecule has 1 heterocycles. The lowest BCUT2D eigenvalue weighted by atomic mass is 10.1. The van der Waals surface area contributed by atoms with Gasteiger partial charge >= 0.3 is 12.2 Å². The van der Waals surface area contributed by atoms with Crippen molar-refractivity contribution in [1.29, 1.82) is 0 Å². The molecular formula is C19H18F3N3O2. The number of carbonyl (C=O) groups excluding carboxylic acids is 1. The Morgan fingerprint density at radius 2 is 1.81 bits per heavy atom. The number of benzene rings is 2. The Kier molecular flexibility index (Phi) is 5.09. The van der Waals surface area contributed by atoms with E-state index >= 15 is 0 Å². The van der Waals surface area contributed by atoms with Crippen LogP contribution >= 0.6 is 0 Å². The van der Waals surface area contributed by atoms with Crippen molar-refractivity contribution in [3.63, 3.8) is 0 Å². The highest BCUT2D eigenvalue weighted by Crippen LogP contribution is 2.30. The molecule has 8 heteroatoms. The molecule has 2 amide bonds. The molecular weight excluding hydrogens is 359 g/mol. The molecule has 0 spiro atoms. The maximum atomic E-state index is 12.5. The van der Waals surface area contributed by atoms with Crippen molar-refractivity contribution in [1.82, 2.24) is 9.88 Å². The highest BCUT2D eigenvalue weighted by atomic mass is 19.4. The minimum Gasteiger partial charge on any atom is -0.386 e. The third kappa shape index (κ3) is 4.22. The Bertz CT molecular complexity index is 949. The van der Waals surface area contributed by atoms with E-state index in [2.05, 4.69) is 10.6 Å². The number of fused-ring (bicyclic) bond motifs is 1. The van der Waals surface area contributed by atoms with Crippen LogP contribution in [0.1, 0.15) is 17.2 Å². The fourth-order valence-electron chi connectivity index (χ4n) is 2.86. The van der Waals surface area contributed by atoms with E-state index in [1.165, 1.54) is 12.1 Å². The van der Waals surface area contributed by atoms with E-state index in [4.69, 9.17) is 0 Å². The van der Waals surface area contributed by atoms with Gasteiger partial charge in [-0.1, -0.05) is 18.2 Å². The first kappa shape index (κ1) is 18.8. The summed E-state index contributed by atoms with van der Waals surface area (Å²) in [4.78, 5) is 11.9. The van der Waals surface area contributed by atoms with Crippen LogP contribution in [0, 0.1) is 0 Å². The molecule has 3 N–H and O–H groups in total. The lowest BCUT2D eigenvalue weighted by Gasteiger charge is -2.13. The molecule has 0 fully saturated rings. The fraction of sp³-hybridized carbons (Fsp3) is 0.211. The van der Waals surface area contributed by atoms with Crippen molar-refractivity contribution in [2.75, 3.05) is 11.9 Å². The summed E-state index contributed by atoms with van der Waals surface area (Å²) < 4.78 is 39.5. The first-order valence-corrected chi connectivity index (χ1v) is 8.20. The van der Waals surface area contributed by atoms with Crippen LogP contribution in [-0.4, -0.2) is 22.2 Å². The summed E-state index contributed by atoms with van der Waals surface area (Å²) in [5.41, 5.74) is 1.07. The van der Waals surface area contributed by atoms with Gasteiger partial charge in [0.2, 0.25) is 0 Å². The van der Waals surface area contributed by atoms with Crippen molar-refractivity contribution in [2.24, 2.45) is 7.05 Å². The maximum absolute atomic E-state index is 12.5. The Balaban J connectivity index is 1.60. The number of carbonyl (C=O) groups is 1. The zero-order valence-electron chi connectivity index (χ0n) is 14.4. The standard InChI is InChI=1S/C19H18F3N3O2/c1-25-11-15(14-4-2-3-5-16(14)25)17(26)10-23-18(27)24-13-8-6-12(7-9-13)19(20,21)22/h2-9,11,17,26H,10H2,1H3,(H2,23,24,27). The van der Waals surface area contributed by atoms with Crippen LogP contribution in [0.2, 0.25) is 0 Å². The monoisotopic (exact) mass is 377 g/mol. The van der Waals surface area contributed by atoms with Gasteiger partial charge in [-0.3, -0.25) is 0 Å². The highest BCUT2D eigenvalue weighted by molar-refractivity contribution is 5.89. The molecule has 0 saturated carbocycles. The average Bonchev–Trinajstić information content (AvgIpc) is 2.97. The van der Waals surface area contributed by atoms with Crippen LogP contribution in [0.15, 0.2) is 54.7 Å². The van der Waals surface area contributed by atoms with Gasteiger partial charge < -0.3 is 20.3 Å². The Morgan fingerprint density at radius 3 is 2.48 bits per heavy atom. The van der Waals surface area contributed by atoms with Crippen molar-refractivity contribution in [2.45, 2.75) is 12.3 Å². The number of urea groups is 1. The number of anilines is 1. The van der Waals surface area contributed by atoms with E-state index in [9.17, 15) is 23.1 Å². The van der Waals surface area contributed by atoms with Crippen molar-refractivity contribution >= 4 is 22.6 Å². The van der Waals surface area contributed by atoms with Gasteiger partial charge in [0.15, 0.2) is 0 Å². The Morgan fingerprint density at radius 1 is 1.15 bits per heavy atom. The molecule has 0 radical (unpaired) electrons. The summed E-state index contributed by atoms with van der Waals surface area (Å²) in [5, 5.41) is 16.2. The van der Waals surface area contributed by atoms with Gasteiger partial charge in [-0.05, 0) is 30.3 Å². The van der Waals surface area contributed by atoms with Crippen LogP contribution in [0.3, 0.4) is 0 Å². The zero-order valence-corrected chi connectivity index (χ0v) is 14.4. The second-order valence-corrected chi connectivity index (χ2v) is 6.14. The molecule has 2 aromatic carbocycles. The number of rotatable bonds is 4. The molecule has 5 nitrogen and oxygen atoms in total. The number of nitrogens with zero attached hydrogens (tertiary/aromatic N) is 1. The van der Waals surface area contributed by atoms with E-state index < -0.39 is 23.9 Å². The third-order valence-electron chi connectivity index (χ3n) is 4.21. The van der Waals surface area contributed by atoms with E-state index in [0.29, 0.717) is 5.56 Å². The van der Waals surface area contributed by atoms with Crippen LogP contribution in [0.4, 0.5) is 23.7 Å². The molecule has 1 aromatic heterocycles. The second kappa shape index (κ2) is 7.32. The Labute approximate surface area is 153 Å². The number of hydrogen-bond donors (Lipinski definition) is 3. The topological polar surface area (TPSA) is 66.3 Å². The molecule has 142 valence electrons. The number of para-hydroxylation sites is 1. The van der Waals surface area contributed by atoms with Gasteiger partial charge in [-0.25, -0.2) is 4.79 Å². The van der Waals surface area contributed by atoms with Gasteiger partial charge in [0.05, 0.1) is 11.7 Å². The van der Waals surface area contributed by atoms with Gasteiger partial charge in [0.25, 0.3) is 0 Å². The lowest BCUT2D eigenvalue weighted by Crippen LogP contribution is -2.32. The highest BCUT2D eigenvalue weighted by Gasteiger charge is 2.30.